The minimum Gasteiger partial charge on any atom is -0.394 e. The summed E-state index contributed by atoms with van der Waals surface area (Å²) in [4.78, 5) is 12.4. The summed E-state index contributed by atoms with van der Waals surface area (Å²) < 4.78 is 0. The molecule has 3 N–H and O–H groups in total. The highest BCUT2D eigenvalue weighted by Gasteiger charge is 2.19. The first kappa shape index (κ1) is 45.1. The van der Waals surface area contributed by atoms with E-state index in [4.69, 9.17) is 0 Å². The molecule has 0 heterocycles. The van der Waals surface area contributed by atoms with Gasteiger partial charge in [0.05, 0.1) is 18.8 Å². The molecule has 274 valence electrons. The molecule has 1 amide bonds. The third-order valence-electron chi connectivity index (χ3n) is 9.78. The lowest BCUT2D eigenvalue weighted by atomic mass is 10.0. The molecule has 0 aromatic carbocycles. The van der Waals surface area contributed by atoms with Gasteiger partial charge in [-0.05, 0) is 38.5 Å². The molecular formula is C42H83NO3. The molecule has 0 spiro atoms. The molecule has 46 heavy (non-hydrogen) atoms. The predicted molar refractivity (Wildman–Crippen MR) is 202 cm³/mol. The van der Waals surface area contributed by atoms with Gasteiger partial charge in [0.25, 0.3) is 0 Å². The number of nitrogens with one attached hydrogen (secondary N) is 1. The van der Waals surface area contributed by atoms with Crippen LogP contribution >= 0.6 is 0 Å². The lowest BCUT2D eigenvalue weighted by molar-refractivity contribution is -0.123. The second-order valence-electron chi connectivity index (χ2n) is 14.4. The minimum atomic E-state index is -0.675. The van der Waals surface area contributed by atoms with Gasteiger partial charge in [-0.1, -0.05) is 199 Å². The van der Waals surface area contributed by atoms with Gasteiger partial charge in [-0.2, -0.15) is 0 Å². The summed E-state index contributed by atoms with van der Waals surface area (Å²) in [6, 6.07) is -0.546. The highest BCUT2D eigenvalue weighted by Crippen LogP contribution is 2.16. The SMILES string of the molecule is CCCCCCC/C=C/CCCC[C@@H](O)[C@H](CO)NC(=O)CCCCCCCCCCCCCCCCCCCCCCCCC. The number of carbonyl (C=O) groups is 1. The summed E-state index contributed by atoms with van der Waals surface area (Å²) in [6.07, 6.45) is 47.2. The van der Waals surface area contributed by atoms with Crippen LogP contribution in [-0.2, 0) is 4.79 Å². The minimum absolute atomic E-state index is 0.0385. The topological polar surface area (TPSA) is 69.6 Å². The number of aliphatic hydroxyl groups excluding tert-OH is 2. The van der Waals surface area contributed by atoms with Gasteiger partial charge in [-0.3, -0.25) is 4.79 Å². The van der Waals surface area contributed by atoms with Crippen LogP contribution in [0, 0.1) is 0 Å². The Morgan fingerprint density at radius 1 is 0.500 bits per heavy atom. The number of aliphatic hydroxyl groups is 2. The number of allylic oxidation sites excluding steroid dienone is 2. The molecular weight excluding hydrogens is 566 g/mol. The van der Waals surface area contributed by atoms with Gasteiger partial charge >= 0.3 is 0 Å². The fourth-order valence-electron chi connectivity index (χ4n) is 6.53. The van der Waals surface area contributed by atoms with Crippen LogP contribution in [0.1, 0.15) is 232 Å². The average molecular weight is 650 g/mol. The van der Waals surface area contributed by atoms with E-state index in [1.807, 2.05) is 0 Å². The maximum atomic E-state index is 12.4. The second-order valence-corrected chi connectivity index (χ2v) is 14.4. The quantitative estimate of drug-likeness (QED) is 0.0460. The molecule has 0 radical (unpaired) electrons. The molecule has 0 aromatic rings. The van der Waals surface area contributed by atoms with Crippen LogP contribution in [0.4, 0.5) is 0 Å². The molecule has 0 aromatic heterocycles. The number of hydrogen-bond acceptors (Lipinski definition) is 3. The van der Waals surface area contributed by atoms with Crippen molar-refractivity contribution in [2.24, 2.45) is 0 Å². The van der Waals surface area contributed by atoms with Crippen LogP contribution < -0.4 is 5.32 Å². The zero-order chi connectivity index (χ0) is 33.6. The van der Waals surface area contributed by atoms with Crippen molar-refractivity contribution >= 4 is 5.91 Å². The Morgan fingerprint density at radius 3 is 1.20 bits per heavy atom. The van der Waals surface area contributed by atoms with Crippen molar-refractivity contribution in [3.63, 3.8) is 0 Å². The summed E-state index contributed by atoms with van der Waals surface area (Å²) in [6.45, 7) is 4.34. The Morgan fingerprint density at radius 2 is 0.826 bits per heavy atom. The number of carbonyl (C=O) groups excluding carboxylic acids is 1. The van der Waals surface area contributed by atoms with Crippen molar-refractivity contribution in [3.8, 4) is 0 Å². The normalized spacial score (nSPS) is 13.0. The van der Waals surface area contributed by atoms with E-state index in [0.717, 1.165) is 32.1 Å². The smallest absolute Gasteiger partial charge is 0.220 e. The van der Waals surface area contributed by atoms with Gasteiger partial charge in [0.1, 0.15) is 0 Å². The van der Waals surface area contributed by atoms with E-state index in [-0.39, 0.29) is 12.5 Å². The predicted octanol–water partition coefficient (Wildman–Crippen LogP) is 12.7. The Balaban J connectivity index is 3.46. The van der Waals surface area contributed by atoms with E-state index in [0.29, 0.717) is 12.8 Å². The van der Waals surface area contributed by atoms with Crippen molar-refractivity contribution in [2.75, 3.05) is 6.61 Å². The van der Waals surface area contributed by atoms with Gasteiger partial charge in [0.2, 0.25) is 5.91 Å². The Bertz CT molecular complexity index is 622. The van der Waals surface area contributed by atoms with Crippen molar-refractivity contribution in [2.45, 2.75) is 244 Å². The second kappa shape index (κ2) is 38.6. The number of unbranched alkanes of at least 4 members (excludes halogenated alkanes) is 29. The molecule has 0 bridgehead atoms. The summed E-state index contributed by atoms with van der Waals surface area (Å²) in [5.74, 6) is -0.0385. The standard InChI is InChI=1S/C42H83NO3/c1-3-5-7-9-11-13-15-16-17-18-19-20-21-22-23-24-25-26-28-30-32-34-36-38-42(46)43-40(39-44)41(45)37-35-33-31-29-27-14-12-10-8-6-4-2/h27,29,40-41,44-45H,3-26,28,30-39H2,1-2H3,(H,43,46)/b29-27+/t40-,41+/m0/s1. The maximum Gasteiger partial charge on any atom is 0.220 e. The van der Waals surface area contributed by atoms with E-state index in [2.05, 4.69) is 31.3 Å². The van der Waals surface area contributed by atoms with Gasteiger partial charge in [-0.15, -0.1) is 0 Å². The molecule has 2 atom stereocenters. The molecule has 4 nitrogen and oxygen atoms in total. The van der Waals surface area contributed by atoms with Crippen LogP contribution in [0.15, 0.2) is 12.2 Å². The molecule has 0 saturated heterocycles. The Hall–Kier alpha value is -0.870. The van der Waals surface area contributed by atoms with Gasteiger partial charge in [-0.25, -0.2) is 0 Å². The molecule has 0 unspecified atom stereocenters. The monoisotopic (exact) mass is 650 g/mol. The zero-order valence-corrected chi connectivity index (χ0v) is 31.4. The molecule has 4 heteroatoms. The fourth-order valence-corrected chi connectivity index (χ4v) is 6.53. The van der Waals surface area contributed by atoms with Gasteiger partial charge < -0.3 is 15.5 Å². The average Bonchev–Trinajstić information content (AvgIpc) is 3.06. The third-order valence-corrected chi connectivity index (χ3v) is 9.78. The van der Waals surface area contributed by atoms with Crippen LogP contribution in [0.3, 0.4) is 0 Å². The van der Waals surface area contributed by atoms with Crippen molar-refractivity contribution in [3.05, 3.63) is 12.2 Å². The van der Waals surface area contributed by atoms with Gasteiger partial charge in [0, 0.05) is 6.42 Å². The summed E-state index contributed by atoms with van der Waals surface area (Å²) in [5, 5.41) is 23.0. The first-order chi connectivity index (χ1) is 22.7. The van der Waals surface area contributed by atoms with Crippen LogP contribution in [-0.4, -0.2) is 34.9 Å². The largest absolute Gasteiger partial charge is 0.394 e. The van der Waals surface area contributed by atoms with Crippen molar-refractivity contribution in [1.29, 1.82) is 0 Å². The van der Waals surface area contributed by atoms with Crippen LogP contribution in [0.5, 0.6) is 0 Å². The summed E-state index contributed by atoms with van der Waals surface area (Å²) in [7, 11) is 0. The lowest BCUT2D eigenvalue weighted by Gasteiger charge is -2.22. The molecule has 0 saturated carbocycles. The van der Waals surface area contributed by atoms with E-state index in [1.165, 1.54) is 173 Å². The van der Waals surface area contributed by atoms with Crippen LogP contribution in [0.25, 0.3) is 0 Å². The van der Waals surface area contributed by atoms with E-state index >= 15 is 0 Å². The first-order valence-electron chi connectivity index (χ1n) is 20.9. The van der Waals surface area contributed by atoms with Crippen LogP contribution in [0.2, 0.25) is 0 Å². The van der Waals surface area contributed by atoms with E-state index in [9.17, 15) is 15.0 Å². The summed E-state index contributed by atoms with van der Waals surface area (Å²) >= 11 is 0. The molecule has 0 aliphatic carbocycles. The summed E-state index contributed by atoms with van der Waals surface area (Å²) in [5.41, 5.74) is 0. The zero-order valence-electron chi connectivity index (χ0n) is 31.4. The number of rotatable bonds is 38. The third kappa shape index (κ3) is 34.5. The maximum absolute atomic E-state index is 12.4. The molecule has 0 aliphatic heterocycles. The number of amides is 1. The van der Waals surface area contributed by atoms with Crippen molar-refractivity contribution < 1.29 is 15.0 Å². The number of hydrogen-bond donors (Lipinski definition) is 3. The Labute approximate surface area is 288 Å². The molecule has 0 aliphatic rings. The van der Waals surface area contributed by atoms with E-state index in [1.54, 1.807) is 0 Å². The molecule has 0 rings (SSSR count). The molecule has 0 fully saturated rings. The first-order valence-corrected chi connectivity index (χ1v) is 20.9. The van der Waals surface area contributed by atoms with E-state index < -0.39 is 12.1 Å². The highest BCUT2D eigenvalue weighted by molar-refractivity contribution is 5.76. The lowest BCUT2D eigenvalue weighted by Crippen LogP contribution is -2.45. The fraction of sp³-hybridized carbons (Fsp3) is 0.929. The van der Waals surface area contributed by atoms with Crippen molar-refractivity contribution in [1.82, 2.24) is 5.32 Å². The Kier molecular flexibility index (Phi) is 37.8. The highest BCUT2D eigenvalue weighted by atomic mass is 16.3. The van der Waals surface area contributed by atoms with Gasteiger partial charge in [0.15, 0.2) is 0 Å².